The SMILES string of the molecule is CCOC(=O)[C@@]1(CC)C(=O)C(=O)N(c2ccccc2)[C@@H]1c1ccccc1. The van der Waals surface area contributed by atoms with Crippen molar-refractivity contribution in [2.45, 2.75) is 26.3 Å². The van der Waals surface area contributed by atoms with Crippen LogP contribution in [-0.2, 0) is 19.1 Å². The van der Waals surface area contributed by atoms with Crippen LogP contribution >= 0.6 is 0 Å². The number of esters is 1. The first kappa shape index (κ1) is 17.9. The summed E-state index contributed by atoms with van der Waals surface area (Å²) in [5.41, 5.74) is -0.241. The summed E-state index contributed by atoms with van der Waals surface area (Å²) in [7, 11) is 0. The lowest BCUT2D eigenvalue weighted by Gasteiger charge is -2.34. The number of anilines is 1. The predicted molar refractivity (Wildman–Crippen MR) is 97.5 cm³/mol. The lowest BCUT2D eigenvalue weighted by molar-refractivity contribution is -0.161. The number of ketones is 1. The van der Waals surface area contributed by atoms with E-state index < -0.39 is 29.1 Å². The number of carbonyl (C=O) groups is 3. The van der Waals surface area contributed by atoms with Gasteiger partial charge in [-0.2, -0.15) is 0 Å². The van der Waals surface area contributed by atoms with Crippen LogP contribution in [0.3, 0.4) is 0 Å². The highest BCUT2D eigenvalue weighted by molar-refractivity contribution is 6.49. The van der Waals surface area contributed by atoms with E-state index in [4.69, 9.17) is 4.74 Å². The predicted octanol–water partition coefficient (Wildman–Crippen LogP) is 3.30. The average molecular weight is 351 g/mol. The first-order valence-corrected chi connectivity index (χ1v) is 8.73. The maximum absolute atomic E-state index is 13.1. The fourth-order valence-corrected chi connectivity index (χ4v) is 3.65. The van der Waals surface area contributed by atoms with Crippen molar-refractivity contribution in [2.75, 3.05) is 11.5 Å². The van der Waals surface area contributed by atoms with Gasteiger partial charge in [-0.25, -0.2) is 0 Å². The standard InChI is InChI=1S/C21H21NO4/c1-3-21(20(25)26-4-2)17(15-11-7-5-8-12-15)22(19(24)18(21)23)16-13-9-6-10-14-16/h5-14,17H,3-4H2,1-2H3/t17-,21-/m1/s1. The van der Waals surface area contributed by atoms with Crippen LogP contribution in [-0.4, -0.2) is 24.3 Å². The Labute approximate surface area is 152 Å². The molecule has 0 N–H and O–H groups in total. The van der Waals surface area contributed by atoms with Crippen molar-refractivity contribution in [3.8, 4) is 0 Å². The zero-order valence-electron chi connectivity index (χ0n) is 14.8. The maximum Gasteiger partial charge on any atom is 0.322 e. The van der Waals surface area contributed by atoms with Gasteiger partial charge in [0.05, 0.1) is 12.6 Å². The topological polar surface area (TPSA) is 63.7 Å². The van der Waals surface area contributed by atoms with Crippen LogP contribution in [0.1, 0.15) is 31.9 Å². The molecule has 2 aromatic rings. The molecule has 5 heteroatoms. The van der Waals surface area contributed by atoms with Gasteiger partial charge < -0.3 is 4.74 Å². The van der Waals surface area contributed by atoms with Gasteiger partial charge in [0, 0.05) is 5.69 Å². The largest absolute Gasteiger partial charge is 0.465 e. The molecule has 0 radical (unpaired) electrons. The molecule has 2 aromatic carbocycles. The molecule has 134 valence electrons. The van der Waals surface area contributed by atoms with Crippen molar-refractivity contribution in [2.24, 2.45) is 5.41 Å². The van der Waals surface area contributed by atoms with Crippen molar-refractivity contribution >= 4 is 23.3 Å². The second kappa shape index (κ2) is 7.12. The molecule has 0 aromatic heterocycles. The summed E-state index contributed by atoms with van der Waals surface area (Å²) in [6.07, 6.45) is 0.180. The van der Waals surface area contributed by atoms with Crippen LogP contribution < -0.4 is 4.90 Å². The summed E-state index contributed by atoms with van der Waals surface area (Å²) in [6, 6.07) is 17.4. The molecule has 5 nitrogen and oxygen atoms in total. The van der Waals surface area contributed by atoms with Gasteiger partial charge in [0.25, 0.3) is 5.91 Å². The highest BCUT2D eigenvalue weighted by Gasteiger charge is 2.64. The summed E-state index contributed by atoms with van der Waals surface area (Å²) in [6.45, 7) is 3.58. The van der Waals surface area contributed by atoms with Crippen LogP contribution in [0.4, 0.5) is 5.69 Å². The normalized spacial score (nSPS) is 22.5. The molecule has 0 bridgehead atoms. The molecule has 1 aliphatic heterocycles. The Kier molecular flexibility index (Phi) is 4.89. The van der Waals surface area contributed by atoms with Gasteiger partial charge in [-0.1, -0.05) is 55.5 Å². The second-order valence-electron chi connectivity index (χ2n) is 6.20. The van der Waals surface area contributed by atoms with E-state index in [-0.39, 0.29) is 13.0 Å². The molecule has 1 heterocycles. The van der Waals surface area contributed by atoms with E-state index in [0.717, 1.165) is 5.56 Å². The minimum absolute atomic E-state index is 0.148. The Morgan fingerprint density at radius 1 is 1.00 bits per heavy atom. The van der Waals surface area contributed by atoms with Gasteiger partial charge in [-0.05, 0) is 31.0 Å². The van der Waals surface area contributed by atoms with E-state index in [9.17, 15) is 14.4 Å². The average Bonchev–Trinajstić information content (AvgIpc) is 2.91. The number of ether oxygens (including phenoxy) is 1. The highest BCUT2D eigenvalue weighted by Crippen LogP contribution is 2.50. The number of hydrogen-bond donors (Lipinski definition) is 0. The smallest absolute Gasteiger partial charge is 0.322 e. The molecule has 26 heavy (non-hydrogen) atoms. The van der Waals surface area contributed by atoms with E-state index in [1.54, 1.807) is 38.1 Å². The van der Waals surface area contributed by atoms with Crippen molar-refractivity contribution in [3.63, 3.8) is 0 Å². The van der Waals surface area contributed by atoms with Gasteiger partial charge in [0.1, 0.15) is 0 Å². The maximum atomic E-state index is 13.1. The number of para-hydroxylation sites is 1. The third-order valence-corrected chi connectivity index (χ3v) is 4.89. The zero-order valence-corrected chi connectivity index (χ0v) is 14.8. The van der Waals surface area contributed by atoms with Crippen LogP contribution in [0.2, 0.25) is 0 Å². The van der Waals surface area contributed by atoms with Gasteiger partial charge in [0.15, 0.2) is 5.41 Å². The fourth-order valence-electron chi connectivity index (χ4n) is 3.65. The van der Waals surface area contributed by atoms with E-state index in [0.29, 0.717) is 5.69 Å². The van der Waals surface area contributed by atoms with Crippen molar-refractivity contribution in [1.82, 2.24) is 0 Å². The number of benzene rings is 2. The van der Waals surface area contributed by atoms with Gasteiger partial charge >= 0.3 is 5.97 Å². The summed E-state index contributed by atoms with van der Waals surface area (Å²) in [4.78, 5) is 40.3. The number of amides is 1. The monoisotopic (exact) mass is 351 g/mol. The Balaban J connectivity index is 2.24. The lowest BCUT2D eigenvalue weighted by Crippen LogP contribution is -2.43. The van der Waals surface area contributed by atoms with Crippen molar-refractivity contribution < 1.29 is 19.1 Å². The molecule has 0 unspecified atom stereocenters. The third-order valence-electron chi connectivity index (χ3n) is 4.89. The van der Waals surface area contributed by atoms with E-state index in [2.05, 4.69) is 0 Å². The number of Topliss-reactive ketones (excluding diaryl/α,β-unsaturated/α-hetero) is 1. The molecular formula is C21H21NO4. The second-order valence-corrected chi connectivity index (χ2v) is 6.20. The van der Waals surface area contributed by atoms with Crippen LogP contribution in [0.5, 0.6) is 0 Å². The zero-order chi connectivity index (χ0) is 18.7. The molecule has 1 saturated heterocycles. The lowest BCUT2D eigenvalue weighted by atomic mass is 9.74. The van der Waals surface area contributed by atoms with Crippen LogP contribution in [0.15, 0.2) is 60.7 Å². The van der Waals surface area contributed by atoms with E-state index in [1.807, 2.05) is 36.4 Å². The highest BCUT2D eigenvalue weighted by atomic mass is 16.5. The number of rotatable bonds is 5. The molecule has 0 saturated carbocycles. The fraction of sp³-hybridized carbons (Fsp3) is 0.286. The number of nitrogens with zero attached hydrogens (tertiary/aromatic N) is 1. The first-order valence-electron chi connectivity index (χ1n) is 8.73. The molecule has 0 aliphatic carbocycles. The Hall–Kier alpha value is -2.95. The number of carbonyl (C=O) groups excluding carboxylic acids is 3. The Bertz CT molecular complexity index is 818. The molecular weight excluding hydrogens is 330 g/mol. The first-order chi connectivity index (χ1) is 12.6. The molecule has 1 aliphatic rings. The van der Waals surface area contributed by atoms with Crippen LogP contribution in [0.25, 0.3) is 0 Å². The minimum atomic E-state index is -1.55. The van der Waals surface area contributed by atoms with Crippen LogP contribution in [0, 0.1) is 5.41 Å². The van der Waals surface area contributed by atoms with Crippen molar-refractivity contribution in [1.29, 1.82) is 0 Å². The summed E-state index contributed by atoms with van der Waals surface area (Å²) >= 11 is 0. The number of hydrogen-bond acceptors (Lipinski definition) is 4. The molecule has 3 rings (SSSR count). The van der Waals surface area contributed by atoms with Gasteiger partial charge in [0.2, 0.25) is 5.78 Å². The van der Waals surface area contributed by atoms with E-state index in [1.165, 1.54) is 4.90 Å². The Morgan fingerprint density at radius 3 is 2.12 bits per heavy atom. The van der Waals surface area contributed by atoms with Gasteiger partial charge in [-0.3, -0.25) is 19.3 Å². The molecule has 1 fully saturated rings. The summed E-state index contributed by atoms with van der Waals surface area (Å²) in [5.74, 6) is -2.04. The molecule has 2 atom stereocenters. The minimum Gasteiger partial charge on any atom is -0.465 e. The Morgan fingerprint density at radius 2 is 1.58 bits per heavy atom. The van der Waals surface area contributed by atoms with E-state index >= 15 is 0 Å². The van der Waals surface area contributed by atoms with Gasteiger partial charge in [-0.15, -0.1) is 0 Å². The third kappa shape index (κ3) is 2.60. The molecule has 1 amide bonds. The molecule has 0 spiro atoms. The van der Waals surface area contributed by atoms with Crippen molar-refractivity contribution in [3.05, 3.63) is 66.2 Å². The summed E-state index contributed by atoms with van der Waals surface area (Å²) < 4.78 is 5.24. The quantitative estimate of drug-likeness (QED) is 0.471. The summed E-state index contributed by atoms with van der Waals surface area (Å²) in [5, 5.41) is 0.